The zero-order valence-electron chi connectivity index (χ0n) is 19.9. The van der Waals surface area contributed by atoms with Crippen molar-refractivity contribution in [3.8, 4) is 0 Å². The smallest absolute Gasteiger partial charge is 0.309 e. The molecule has 2 unspecified atom stereocenters. The van der Waals surface area contributed by atoms with Crippen LogP contribution in [0.15, 0.2) is 41.4 Å². The maximum atomic E-state index is 13.6. The molecule has 1 aromatic carbocycles. The molecule has 7 nitrogen and oxygen atoms in total. The topological polar surface area (TPSA) is 105 Å². The molecule has 1 heterocycles. The lowest BCUT2D eigenvalue weighted by molar-refractivity contribution is -0.171. The number of nitrogens with zero attached hydrogens (tertiary/aromatic N) is 2. The number of carbonyl (C=O) groups is 2. The third kappa shape index (κ3) is 3.49. The van der Waals surface area contributed by atoms with Crippen LogP contribution in [0.5, 0.6) is 0 Å². The quantitative estimate of drug-likeness (QED) is 0.634. The van der Waals surface area contributed by atoms with Gasteiger partial charge in [-0.3, -0.25) is 14.6 Å². The molecule has 0 saturated heterocycles. The molecule has 4 saturated carbocycles. The molecule has 34 heavy (non-hydrogen) atoms. The fourth-order valence-electron chi connectivity index (χ4n) is 7.10. The van der Waals surface area contributed by atoms with E-state index in [2.05, 4.69) is 4.98 Å². The Morgan fingerprint density at radius 2 is 1.76 bits per heavy atom. The lowest BCUT2D eigenvalue weighted by atomic mass is 9.45. The zero-order chi connectivity index (χ0) is 24.5. The summed E-state index contributed by atoms with van der Waals surface area (Å²) in [6, 6.07) is 8.61. The van der Waals surface area contributed by atoms with Crippen LogP contribution in [0.25, 0.3) is 10.9 Å². The highest BCUT2D eigenvalue weighted by Gasteiger charge is 2.59. The highest BCUT2D eigenvalue weighted by atomic mass is 32.2. The van der Waals surface area contributed by atoms with E-state index in [1.165, 1.54) is 17.4 Å². The summed E-state index contributed by atoms with van der Waals surface area (Å²) in [5.41, 5.74) is -1.47. The van der Waals surface area contributed by atoms with Crippen LogP contribution >= 0.6 is 0 Å². The molecule has 6 rings (SSSR count). The van der Waals surface area contributed by atoms with Crippen molar-refractivity contribution in [1.29, 1.82) is 0 Å². The Morgan fingerprint density at radius 3 is 2.41 bits per heavy atom. The van der Waals surface area contributed by atoms with Crippen LogP contribution in [0, 0.1) is 29.1 Å². The van der Waals surface area contributed by atoms with E-state index in [1.54, 1.807) is 32.2 Å². The Morgan fingerprint density at radius 1 is 1.12 bits per heavy atom. The van der Waals surface area contributed by atoms with Gasteiger partial charge in [-0.05, 0) is 81.8 Å². The van der Waals surface area contributed by atoms with Gasteiger partial charge in [-0.15, -0.1) is 0 Å². The number of likely N-dealkylation sites (N-methyl/N-ethyl adjacent to an activating group) is 1. The lowest BCUT2D eigenvalue weighted by Crippen LogP contribution is -2.56. The van der Waals surface area contributed by atoms with Crippen LogP contribution < -0.4 is 0 Å². The number of Topliss-reactive ketones (excluding diaryl/α,β-unsaturated/α-hetero) is 1. The molecule has 8 heteroatoms. The van der Waals surface area contributed by atoms with Crippen molar-refractivity contribution in [3.05, 3.63) is 36.5 Å². The average Bonchev–Trinajstić information content (AvgIpc) is 2.79. The Hall–Kier alpha value is -2.32. The summed E-state index contributed by atoms with van der Waals surface area (Å²) in [6.45, 7) is 3.33. The fourth-order valence-corrected chi connectivity index (χ4v) is 8.76. The number of hydrogen-bond donors (Lipinski definition) is 1. The van der Waals surface area contributed by atoms with Crippen molar-refractivity contribution in [2.24, 2.45) is 29.1 Å². The first kappa shape index (κ1) is 23.4. The fraction of sp³-hybridized carbons (Fsp3) is 0.577. The van der Waals surface area contributed by atoms with Crippen molar-refractivity contribution < 1.29 is 23.1 Å². The van der Waals surface area contributed by atoms with Crippen LogP contribution in [0.3, 0.4) is 0 Å². The molecule has 0 amide bonds. The van der Waals surface area contributed by atoms with Gasteiger partial charge in [0.1, 0.15) is 4.90 Å². The highest BCUT2D eigenvalue weighted by Crippen LogP contribution is 2.63. The summed E-state index contributed by atoms with van der Waals surface area (Å²) >= 11 is 0. The van der Waals surface area contributed by atoms with Crippen molar-refractivity contribution >= 4 is 32.7 Å². The SMILES string of the molecule is CN(C(C)(C)C(=O)CC1C2CC3CC1CC(C(=O)O)(C3)C2)S(=O)(=O)c1cccc2cccnc12. The van der Waals surface area contributed by atoms with Crippen LogP contribution in [0.4, 0.5) is 0 Å². The van der Waals surface area contributed by atoms with E-state index in [-0.39, 0.29) is 28.4 Å². The molecule has 182 valence electrons. The number of benzene rings is 1. The number of hydrogen-bond acceptors (Lipinski definition) is 5. The second kappa shape index (κ2) is 7.85. The van der Waals surface area contributed by atoms with Gasteiger partial charge >= 0.3 is 5.97 Å². The first-order chi connectivity index (χ1) is 16.0. The minimum Gasteiger partial charge on any atom is -0.481 e. The molecule has 0 radical (unpaired) electrons. The monoisotopic (exact) mass is 484 g/mol. The number of aliphatic carboxylic acids is 1. The average molecular weight is 485 g/mol. The molecule has 1 aromatic heterocycles. The van der Waals surface area contributed by atoms with E-state index >= 15 is 0 Å². The minimum absolute atomic E-state index is 0.0898. The third-order valence-electron chi connectivity index (χ3n) is 9.05. The highest BCUT2D eigenvalue weighted by molar-refractivity contribution is 7.89. The number of rotatable bonds is 7. The Balaban J connectivity index is 1.39. The van der Waals surface area contributed by atoms with Gasteiger partial charge in [0.15, 0.2) is 5.78 Å². The van der Waals surface area contributed by atoms with Gasteiger partial charge in [0.05, 0.1) is 16.5 Å². The number of carbonyl (C=O) groups excluding carboxylic acids is 1. The van der Waals surface area contributed by atoms with E-state index < -0.39 is 26.9 Å². The molecular formula is C26H32N2O5S. The molecule has 2 aromatic rings. The molecule has 4 aliphatic carbocycles. The Bertz CT molecular complexity index is 1250. The van der Waals surface area contributed by atoms with Crippen LogP contribution in [0.1, 0.15) is 52.4 Å². The number of para-hydroxylation sites is 1. The van der Waals surface area contributed by atoms with Gasteiger partial charge < -0.3 is 5.11 Å². The normalized spacial score (nSPS) is 30.7. The number of aromatic nitrogens is 1. The second-order valence-electron chi connectivity index (χ2n) is 11.2. The van der Waals surface area contributed by atoms with Crippen molar-refractivity contribution in [2.75, 3.05) is 7.05 Å². The molecule has 0 aliphatic heterocycles. The lowest BCUT2D eigenvalue weighted by Gasteiger charge is -2.58. The molecule has 4 fully saturated rings. The van der Waals surface area contributed by atoms with Gasteiger partial charge in [-0.25, -0.2) is 8.42 Å². The number of ketones is 1. The maximum Gasteiger partial charge on any atom is 0.309 e. The summed E-state index contributed by atoms with van der Waals surface area (Å²) in [4.78, 5) is 30.0. The first-order valence-electron chi connectivity index (χ1n) is 12.1. The van der Waals surface area contributed by atoms with Crippen LogP contribution in [-0.4, -0.2) is 47.2 Å². The predicted molar refractivity (Wildman–Crippen MR) is 128 cm³/mol. The summed E-state index contributed by atoms with van der Waals surface area (Å²) in [6.07, 6.45) is 5.88. The van der Waals surface area contributed by atoms with Crippen molar-refractivity contribution in [3.63, 3.8) is 0 Å². The second-order valence-corrected chi connectivity index (χ2v) is 13.1. The molecule has 1 N–H and O–H groups in total. The van der Waals surface area contributed by atoms with Gasteiger partial charge in [0.25, 0.3) is 0 Å². The summed E-state index contributed by atoms with van der Waals surface area (Å²) < 4.78 is 28.4. The minimum atomic E-state index is -3.98. The zero-order valence-corrected chi connectivity index (χ0v) is 20.7. The van der Waals surface area contributed by atoms with Crippen LogP contribution in [0.2, 0.25) is 0 Å². The summed E-state index contributed by atoms with van der Waals surface area (Å²) in [5.74, 6) is 0.221. The van der Waals surface area contributed by atoms with E-state index in [9.17, 15) is 23.1 Å². The van der Waals surface area contributed by atoms with Gasteiger partial charge in [-0.2, -0.15) is 4.31 Å². The standard InChI is InChI=1S/C26H32N2O5S/c1-25(2,28(3)34(32,33)21-8-4-6-17-7-5-9-27-23(17)21)22(29)12-20-18-10-16-11-19(20)15-26(13-16,14-18)24(30)31/h4-9,16,18-20H,10-15H2,1-3H3,(H,30,31). The van der Waals surface area contributed by atoms with Gasteiger partial charge in [-0.1, -0.05) is 18.2 Å². The number of fused-ring (bicyclic) bond motifs is 1. The number of carboxylic acids is 1. The van der Waals surface area contributed by atoms with Gasteiger partial charge in [0, 0.05) is 25.1 Å². The van der Waals surface area contributed by atoms with E-state index in [0.29, 0.717) is 30.7 Å². The predicted octanol–water partition coefficient (Wildman–Crippen LogP) is 4.12. The van der Waals surface area contributed by atoms with Gasteiger partial charge in [0.2, 0.25) is 10.0 Å². The first-order valence-corrected chi connectivity index (χ1v) is 13.5. The number of sulfonamides is 1. The van der Waals surface area contributed by atoms with E-state index in [1.807, 2.05) is 12.1 Å². The van der Waals surface area contributed by atoms with Crippen molar-refractivity contribution in [2.45, 2.75) is 62.8 Å². The number of carboxylic acid groups (broad SMARTS) is 1. The molecule has 0 spiro atoms. The molecule has 2 atom stereocenters. The largest absolute Gasteiger partial charge is 0.481 e. The molecule has 4 bridgehead atoms. The van der Waals surface area contributed by atoms with Crippen LogP contribution in [-0.2, 0) is 19.6 Å². The summed E-state index contributed by atoms with van der Waals surface area (Å²) in [5, 5.41) is 10.6. The Labute approximate surface area is 200 Å². The summed E-state index contributed by atoms with van der Waals surface area (Å²) in [7, 11) is -2.51. The third-order valence-corrected chi connectivity index (χ3v) is 11.1. The number of pyridine rings is 1. The maximum absolute atomic E-state index is 13.6. The molecule has 4 aliphatic rings. The Kier molecular flexibility index (Phi) is 5.41. The van der Waals surface area contributed by atoms with Crippen molar-refractivity contribution in [1.82, 2.24) is 9.29 Å². The molecular weight excluding hydrogens is 452 g/mol. The van der Waals surface area contributed by atoms with E-state index in [0.717, 1.165) is 24.6 Å². The van der Waals surface area contributed by atoms with E-state index in [4.69, 9.17) is 0 Å².